The number of benzene rings is 3. The summed E-state index contributed by atoms with van der Waals surface area (Å²) in [6.07, 6.45) is 0.679. The van der Waals surface area contributed by atoms with Crippen LogP contribution in [-0.4, -0.2) is 19.3 Å². The SMILES string of the molecule is Cc1cccc(S(=O)(=O)N(CCc2ccccc2)Cc2ccccc2)c1. The van der Waals surface area contributed by atoms with Gasteiger partial charge in [-0.15, -0.1) is 0 Å². The van der Waals surface area contributed by atoms with Crippen LogP contribution in [0.2, 0.25) is 0 Å². The lowest BCUT2D eigenvalue weighted by Gasteiger charge is -2.23. The van der Waals surface area contributed by atoms with E-state index < -0.39 is 10.0 Å². The lowest BCUT2D eigenvalue weighted by Crippen LogP contribution is -2.32. The van der Waals surface area contributed by atoms with Crippen molar-refractivity contribution >= 4 is 10.0 Å². The molecule has 0 bridgehead atoms. The van der Waals surface area contributed by atoms with E-state index >= 15 is 0 Å². The molecule has 0 fully saturated rings. The molecule has 0 N–H and O–H groups in total. The van der Waals surface area contributed by atoms with E-state index in [4.69, 9.17) is 0 Å². The number of rotatable bonds is 7. The summed E-state index contributed by atoms with van der Waals surface area (Å²) >= 11 is 0. The molecule has 3 aromatic rings. The second-order valence-electron chi connectivity index (χ2n) is 6.38. The first-order chi connectivity index (χ1) is 12.6. The Morgan fingerprint density at radius 1 is 0.769 bits per heavy atom. The molecule has 0 aliphatic heterocycles. The highest BCUT2D eigenvalue weighted by molar-refractivity contribution is 7.89. The summed E-state index contributed by atoms with van der Waals surface area (Å²) in [5, 5.41) is 0. The van der Waals surface area contributed by atoms with E-state index in [0.717, 1.165) is 16.7 Å². The van der Waals surface area contributed by atoms with Crippen LogP contribution < -0.4 is 0 Å². The van der Waals surface area contributed by atoms with E-state index in [-0.39, 0.29) is 0 Å². The van der Waals surface area contributed by atoms with Gasteiger partial charge in [-0.05, 0) is 42.2 Å². The third-order valence-electron chi connectivity index (χ3n) is 4.32. The van der Waals surface area contributed by atoms with E-state index in [9.17, 15) is 8.42 Å². The summed E-state index contributed by atoms with van der Waals surface area (Å²) < 4.78 is 28.0. The molecule has 0 unspecified atom stereocenters. The molecular weight excluding hydrogens is 342 g/mol. The fraction of sp³-hybridized carbons (Fsp3) is 0.182. The maximum atomic E-state index is 13.2. The van der Waals surface area contributed by atoms with Crippen LogP contribution in [0.1, 0.15) is 16.7 Å². The molecule has 0 spiro atoms. The van der Waals surface area contributed by atoms with Gasteiger partial charge in [-0.2, -0.15) is 4.31 Å². The Hall–Kier alpha value is -2.43. The molecule has 3 rings (SSSR count). The minimum Gasteiger partial charge on any atom is -0.207 e. The zero-order valence-electron chi connectivity index (χ0n) is 14.9. The molecule has 0 heterocycles. The minimum absolute atomic E-state index is 0.349. The second-order valence-corrected chi connectivity index (χ2v) is 8.31. The van der Waals surface area contributed by atoms with Crippen LogP contribution >= 0.6 is 0 Å². The molecule has 0 amide bonds. The Morgan fingerprint density at radius 2 is 1.38 bits per heavy atom. The van der Waals surface area contributed by atoms with Crippen molar-refractivity contribution in [3.8, 4) is 0 Å². The van der Waals surface area contributed by atoms with Crippen molar-refractivity contribution in [2.45, 2.75) is 24.8 Å². The largest absolute Gasteiger partial charge is 0.243 e. The summed E-state index contributed by atoms with van der Waals surface area (Å²) in [4.78, 5) is 0.349. The van der Waals surface area contributed by atoms with E-state index in [2.05, 4.69) is 0 Å². The molecule has 0 aromatic heterocycles. The molecule has 4 heteroatoms. The zero-order valence-corrected chi connectivity index (χ0v) is 15.7. The average molecular weight is 365 g/mol. The highest BCUT2D eigenvalue weighted by Gasteiger charge is 2.24. The van der Waals surface area contributed by atoms with Crippen LogP contribution in [0.4, 0.5) is 0 Å². The smallest absolute Gasteiger partial charge is 0.207 e. The highest BCUT2D eigenvalue weighted by Crippen LogP contribution is 2.20. The van der Waals surface area contributed by atoms with Crippen molar-refractivity contribution in [3.63, 3.8) is 0 Å². The third-order valence-corrected chi connectivity index (χ3v) is 6.16. The fourth-order valence-electron chi connectivity index (χ4n) is 2.89. The zero-order chi connectivity index (χ0) is 18.4. The van der Waals surface area contributed by atoms with Crippen LogP contribution in [0.3, 0.4) is 0 Å². The van der Waals surface area contributed by atoms with Crippen LogP contribution in [0.5, 0.6) is 0 Å². The summed E-state index contributed by atoms with van der Waals surface area (Å²) in [6, 6.07) is 26.8. The van der Waals surface area contributed by atoms with Gasteiger partial charge in [0.1, 0.15) is 0 Å². The highest BCUT2D eigenvalue weighted by atomic mass is 32.2. The Kier molecular flexibility index (Phi) is 5.86. The van der Waals surface area contributed by atoms with Gasteiger partial charge in [-0.3, -0.25) is 0 Å². The molecule has 0 saturated carbocycles. The lowest BCUT2D eigenvalue weighted by molar-refractivity contribution is 0.409. The third kappa shape index (κ3) is 4.59. The maximum absolute atomic E-state index is 13.2. The average Bonchev–Trinajstić information content (AvgIpc) is 2.66. The van der Waals surface area contributed by atoms with Crippen LogP contribution in [-0.2, 0) is 23.0 Å². The van der Waals surface area contributed by atoms with E-state index in [1.54, 1.807) is 22.5 Å². The number of aryl methyl sites for hydroxylation is 1. The molecule has 0 atom stereocenters. The van der Waals surface area contributed by atoms with Gasteiger partial charge in [0, 0.05) is 13.1 Å². The van der Waals surface area contributed by atoms with Crippen molar-refractivity contribution in [1.82, 2.24) is 4.31 Å². The normalized spacial score (nSPS) is 11.6. The lowest BCUT2D eigenvalue weighted by atomic mass is 10.1. The molecule has 3 aromatic carbocycles. The van der Waals surface area contributed by atoms with Gasteiger partial charge in [0.2, 0.25) is 10.0 Å². The number of nitrogens with zero attached hydrogens (tertiary/aromatic N) is 1. The minimum atomic E-state index is -3.56. The van der Waals surface area contributed by atoms with Gasteiger partial charge in [-0.1, -0.05) is 72.8 Å². The van der Waals surface area contributed by atoms with Gasteiger partial charge < -0.3 is 0 Å². The van der Waals surface area contributed by atoms with Gasteiger partial charge in [0.15, 0.2) is 0 Å². The van der Waals surface area contributed by atoms with Crippen LogP contribution in [0.15, 0.2) is 89.8 Å². The van der Waals surface area contributed by atoms with Crippen molar-refractivity contribution < 1.29 is 8.42 Å². The topological polar surface area (TPSA) is 37.4 Å². The van der Waals surface area contributed by atoms with Gasteiger partial charge in [0.05, 0.1) is 4.90 Å². The molecule has 0 aliphatic carbocycles. The molecule has 0 radical (unpaired) electrons. The van der Waals surface area contributed by atoms with Gasteiger partial charge in [-0.25, -0.2) is 8.42 Å². The number of sulfonamides is 1. The summed E-state index contributed by atoms with van der Waals surface area (Å²) in [6.45, 7) is 2.71. The van der Waals surface area contributed by atoms with E-state index in [1.807, 2.05) is 73.7 Å². The van der Waals surface area contributed by atoms with Crippen molar-refractivity contribution in [2.24, 2.45) is 0 Å². The Balaban J connectivity index is 1.88. The first kappa shape index (κ1) is 18.4. The van der Waals surface area contributed by atoms with E-state index in [1.165, 1.54) is 0 Å². The first-order valence-electron chi connectivity index (χ1n) is 8.70. The number of hydrogen-bond donors (Lipinski definition) is 0. The molecular formula is C22H23NO2S. The van der Waals surface area contributed by atoms with Crippen LogP contribution in [0.25, 0.3) is 0 Å². The summed E-state index contributed by atoms with van der Waals surface area (Å²) in [5.41, 5.74) is 3.05. The first-order valence-corrected chi connectivity index (χ1v) is 10.1. The predicted molar refractivity (Wildman–Crippen MR) is 105 cm³/mol. The Bertz CT molecular complexity index is 938. The maximum Gasteiger partial charge on any atom is 0.243 e. The van der Waals surface area contributed by atoms with Crippen molar-refractivity contribution in [3.05, 3.63) is 102 Å². The fourth-order valence-corrected chi connectivity index (χ4v) is 4.43. The monoisotopic (exact) mass is 365 g/mol. The van der Waals surface area contributed by atoms with Crippen molar-refractivity contribution in [2.75, 3.05) is 6.54 Å². The predicted octanol–water partition coefficient (Wildman–Crippen LogP) is 4.43. The molecule has 134 valence electrons. The van der Waals surface area contributed by atoms with E-state index in [0.29, 0.717) is 24.4 Å². The molecule has 3 nitrogen and oxygen atoms in total. The summed E-state index contributed by atoms with van der Waals surface area (Å²) in [7, 11) is -3.56. The second kappa shape index (κ2) is 8.30. The molecule has 0 aliphatic rings. The summed E-state index contributed by atoms with van der Waals surface area (Å²) in [5.74, 6) is 0. The molecule has 0 saturated heterocycles. The quantitative estimate of drug-likeness (QED) is 0.621. The van der Waals surface area contributed by atoms with Crippen LogP contribution in [0, 0.1) is 6.92 Å². The van der Waals surface area contributed by atoms with Crippen molar-refractivity contribution in [1.29, 1.82) is 0 Å². The Morgan fingerprint density at radius 3 is 2.00 bits per heavy atom. The standard InChI is InChI=1S/C22H23NO2S/c1-19-9-8-14-22(17-19)26(24,25)23(18-21-12-6-3-7-13-21)16-15-20-10-4-2-5-11-20/h2-14,17H,15-16,18H2,1H3. The van der Waals surface area contributed by atoms with Gasteiger partial charge in [0.25, 0.3) is 0 Å². The Labute approximate surface area is 156 Å². The number of hydrogen-bond acceptors (Lipinski definition) is 2. The molecule has 26 heavy (non-hydrogen) atoms. The van der Waals surface area contributed by atoms with Gasteiger partial charge >= 0.3 is 0 Å².